The fourth-order valence-electron chi connectivity index (χ4n) is 2.77. The number of benzene rings is 1. The van der Waals surface area contributed by atoms with Gasteiger partial charge in [0.05, 0.1) is 0 Å². The van der Waals surface area contributed by atoms with Gasteiger partial charge in [0.25, 0.3) is 0 Å². The van der Waals surface area contributed by atoms with Crippen molar-refractivity contribution < 1.29 is 4.52 Å². The fourth-order valence-corrected chi connectivity index (χ4v) is 2.90. The first-order chi connectivity index (χ1) is 10.3. The summed E-state index contributed by atoms with van der Waals surface area (Å²) in [5.41, 5.74) is 1.14. The average molecular weight is 306 g/mol. The van der Waals surface area contributed by atoms with Crippen LogP contribution in [0.2, 0.25) is 5.02 Å². The maximum absolute atomic E-state index is 5.89. The van der Waals surface area contributed by atoms with Gasteiger partial charge >= 0.3 is 0 Å². The van der Waals surface area contributed by atoms with E-state index in [0.29, 0.717) is 12.3 Å². The molecule has 1 saturated heterocycles. The quantitative estimate of drug-likeness (QED) is 0.942. The Kier molecular flexibility index (Phi) is 4.88. The molecule has 1 atom stereocenters. The van der Waals surface area contributed by atoms with Crippen LogP contribution in [-0.2, 0) is 12.8 Å². The van der Waals surface area contributed by atoms with Gasteiger partial charge in [-0.2, -0.15) is 4.98 Å². The predicted octanol–water partition coefficient (Wildman–Crippen LogP) is 3.25. The standard InChI is InChI=1S/C16H20ClN3O/c17-14-5-3-13(4-6-14)10-15-19-16(21-20-15)11-12-2-1-8-18-9-7-12/h3-6,12,18H,1-2,7-11H2. The summed E-state index contributed by atoms with van der Waals surface area (Å²) in [6, 6.07) is 7.76. The summed E-state index contributed by atoms with van der Waals surface area (Å²) in [7, 11) is 0. The van der Waals surface area contributed by atoms with Crippen LogP contribution in [0.1, 0.15) is 36.5 Å². The molecule has 1 aliphatic heterocycles. The van der Waals surface area contributed by atoms with Crippen molar-refractivity contribution in [2.45, 2.75) is 32.1 Å². The summed E-state index contributed by atoms with van der Waals surface area (Å²) >= 11 is 5.89. The van der Waals surface area contributed by atoms with Gasteiger partial charge in [-0.1, -0.05) is 28.9 Å². The van der Waals surface area contributed by atoms with E-state index in [1.807, 2.05) is 24.3 Å². The molecule has 4 nitrogen and oxygen atoms in total. The van der Waals surface area contributed by atoms with Crippen LogP contribution >= 0.6 is 11.6 Å². The molecule has 0 amide bonds. The van der Waals surface area contributed by atoms with E-state index in [-0.39, 0.29) is 0 Å². The molecule has 3 rings (SSSR count). The Morgan fingerprint density at radius 1 is 1.19 bits per heavy atom. The highest BCUT2D eigenvalue weighted by Crippen LogP contribution is 2.19. The van der Waals surface area contributed by atoms with E-state index >= 15 is 0 Å². The number of nitrogens with one attached hydrogen (secondary N) is 1. The van der Waals surface area contributed by atoms with Crippen LogP contribution in [0.15, 0.2) is 28.8 Å². The van der Waals surface area contributed by atoms with Gasteiger partial charge in [0.1, 0.15) is 0 Å². The number of hydrogen-bond donors (Lipinski definition) is 1. The largest absolute Gasteiger partial charge is 0.339 e. The van der Waals surface area contributed by atoms with E-state index in [1.54, 1.807) is 0 Å². The van der Waals surface area contributed by atoms with Crippen LogP contribution in [0, 0.1) is 5.92 Å². The summed E-state index contributed by atoms with van der Waals surface area (Å²) in [5, 5.41) is 8.26. The van der Waals surface area contributed by atoms with Crippen molar-refractivity contribution in [3.05, 3.63) is 46.6 Å². The summed E-state index contributed by atoms with van der Waals surface area (Å²) in [6.45, 7) is 2.22. The molecular formula is C16H20ClN3O. The fraction of sp³-hybridized carbons (Fsp3) is 0.500. The van der Waals surface area contributed by atoms with Gasteiger partial charge in [0.2, 0.25) is 5.89 Å². The minimum Gasteiger partial charge on any atom is -0.339 e. The highest BCUT2D eigenvalue weighted by molar-refractivity contribution is 6.30. The molecule has 2 aromatic rings. The third-order valence-electron chi connectivity index (χ3n) is 3.94. The van der Waals surface area contributed by atoms with E-state index in [9.17, 15) is 0 Å². The van der Waals surface area contributed by atoms with E-state index in [4.69, 9.17) is 16.1 Å². The number of halogens is 1. The minimum atomic E-state index is 0.656. The zero-order valence-corrected chi connectivity index (χ0v) is 12.8. The first kappa shape index (κ1) is 14.5. The van der Waals surface area contributed by atoms with Gasteiger partial charge in [-0.3, -0.25) is 0 Å². The Bertz CT molecular complexity index is 559. The second kappa shape index (κ2) is 7.05. The van der Waals surface area contributed by atoms with E-state index in [0.717, 1.165) is 41.8 Å². The number of rotatable bonds is 4. The van der Waals surface area contributed by atoms with Crippen LogP contribution in [0.25, 0.3) is 0 Å². The molecule has 0 radical (unpaired) electrons. The molecule has 1 N–H and O–H groups in total. The Morgan fingerprint density at radius 3 is 2.90 bits per heavy atom. The molecule has 0 saturated carbocycles. The molecular weight excluding hydrogens is 286 g/mol. The van der Waals surface area contributed by atoms with Gasteiger partial charge < -0.3 is 9.84 Å². The maximum Gasteiger partial charge on any atom is 0.226 e. The Labute approximate surface area is 129 Å². The van der Waals surface area contributed by atoms with Crippen molar-refractivity contribution >= 4 is 11.6 Å². The van der Waals surface area contributed by atoms with Crippen LogP contribution in [-0.4, -0.2) is 23.2 Å². The van der Waals surface area contributed by atoms with Gasteiger partial charge in [0, 0.05) is 17.9 Å². The van der Waals surface area contributed by atoms with Crippen molar-refractivity contribution in [1.82, 2.24) is 15.5 Å². The van der Waals surface area contributed by atoms with Gasteiger partial charge in [-0.25, -0.2) is 0 Å². The highest BCUT2D eigenvalue weighted by Gasteiger charge is 2.16. The molecule has 5 heteroatoms. The van der Waals surface area contributed by atoms with Gasteiger partial charge in [-0.05, 0) is 56.0 Å². The molecule has 1 aromatic carbocycles. The average Bonchev–Trinajstić information content (AvgIpc) is 2.75. The lowest BCUT2D eigenvalue weighted by Gasteiger charge is -2.09. The van der Waals surface area contributed by atoms with Crippen molar-refractivity contribution in [1.29, 1.82) is 0 Å². The van der Waals surface area contributed by atoms with Gasteiger partial charge in [0.15, 0.2) is 5.82 Å². The molecule has 1 fully saturated rings. The Morgan fingerprint density at radius 2 is 2.05 bits per heavy atom. The highest BCUT2D eigenvalue weighted by atomic mass is 35.5. The monoisotopic (exact) mass is 305 g/mol. The molecule has 1 aromatic heterocycles. The zero-order valence-electron chi connectivity index (χ0n) is 12.0. The number of nitrogens with zero attached hydrogens (tertiary/aromatic N) is 2. The molecule has 112 valence electrons. The van der Waals surface area contributed by atoms with Crippen LogP contribution in [0.4, 0.5) is 0 Å². The van der Waals surface area contributed by atoms with Crippen molar-refractivity contribution in [3.63, 3.8) is 0 Å². The lowest BCUT2D eigenvalue weighted by molar-refractivity contribution is 0.339. The Hall–Kier alpha value is -1.39. The summed E-state index contributed by atoms with van der Waals surface area (Å²) in [6.07, 6.45) is 5.25. The summed E-state index contributed by atoms with van der Waals surface area (Å²) in [5.74, 6) is 2.17. The van der Waals surface area contributed by atoms with Crippen LogP contribution in [0.3, 0.4) is 0 Å². The topological polar surface area (TPSA) is 51.0 Å². The molecule has 2 heterocycles. The normalized spacial score (nSPS) is 19.4. The van der Waals surface area contributed by atoms with Gasteiger partial charge in [-0.15, -0.1) is 0 Å². The maximum atomic E-state index is 5.89. The lowest BCUT2D eigenvalue weighted by Crippen LogP contribution is -2.14. The molecule has 1 aliphatic rings. The molecule has 0 aliphatic carbocycles. The van der Waals surface area contributed by atoms with Crippen molar-refractivity contribution in [2.24, 2.45) is 5.92 Å². The summed E-state index contributed by atoms with van der Waals surface area (Å²) < 4.78 is 5.40. The second-order valence-electron chi connectivity index (χ2n) is 5.66. The lowest BCUT2D eigenvalue weighted by atomic mass is 9.97. The first-order valence-electron chi connectivity index (χ1n) is 7.56. The summed E-state index contributed by atoms with van der Waals surface area (Å²) in [4.78, 5) is 4.52. The van der Waals surface area contributed by atoms with Crippen LogP contribution in [0.5, 0.6) is 0 Å². The molecule has 21 heavy (non-hydrogen) atoms. The number of hydrogen-bond acceptors (Lipinski definition) is 4. The molecule has 0 spiro atoms. The second-order valence-corrected chi connectivity index (χ2v) is 6.10. The van der Waals surface area contributed by atoms with Crippen molar-refractivity contribution in [2.75, 3.05) is 13.1 Å². The number of aromatic nitrogens is 2. The third-order valence-corrected chi connectivity index (χ3v) is 4.20. The SMILES string of the molecule is Clc1ccc(Cc2noc(CC3CCCNCC3)n2)cc1. The third kappa shape index (κ3) is 4.29. The minimum absolute atomic E-state index is 0.656. The van der Waals surface area contributed by atoms with Crippen LogP contribution < -0.4 is 5.32 Å². The predicted molar refractivity (Wildman–Crippen MR) is 82.5 cm³/mol. The van der Waals surface area contributed by atoms with Crippen molar-refractivity contribution in [3.8, 4) is 0 Å². The Balaban J connectivity index is 1.59. The van der Waals surface area contributed by atoms with E-state index in [2.05, 4.69) is 15.5 Å². The molecule has 1 unspecified atom stereocenters. The first-order valence-corrected chi connectivity index (χ1v) is 7.94. The molecule has 0 bridgehead atoms. The zero-order chi connectivity index (χ0) is 14.5. The smallest absolute Gasteiger partial charge is 0.226 e. The van der Waals surface area contributed by atoms with E-state index in [1.165, 1.54) is 19.3 Å². The van der Waals surface area contributed by atoms with E-state index < -0.39 is 0 Å².